The number of aromatic nitrogens is 1. The number of carbonyl (C=O) groups is 1. The first-order valence-corrected chi connectivity index (χ1v) is 11.4. The topological polar surface area (TPSA) is 54.9 Å². The lowest BCUT2D eigenvalue weighted by Crippen LogP contribution is -2.38. The monoisotopic (exact) mass is 441 g/mol. The molecule has 31 heavy (non-hydrogen) atoms. The van der Waals surface area contributed by atoms with Gasteiger partial charge >= 0.3 is 0 Å². The molecule has 0 aliphatic heterocycles. The van der Waals surface area contributed by atoms with Gasteiger partial charge in [-0.3, -0.25) is 9.69 Å². The predicted octanol–water partition coefficient (Wildman–Crippen LogP) is 4.92. The van der Waals surface area contributed by atoms with Gasteiger partial charge in [-0.05, 0) is 56.3 Å². The minimum Gasteiger partial charge on any atom is -0.497 e. The van der Waals surface area contributed by atoms with Crippen LogP contribution in [0.2, 0.25) is 0 Å². The fourth-order valence-corrected chi connectivity index (χ4v) is 4.53. The van der Waals surface area contributed by atoms with Gasteiger partial charge in [0.25, 0.3) is 5.91 Å². The van der Waals surface area contributed by atoms with Crippen LogP contribution in [-0.4, -0.2) is 56.2 Å². The molecule has 1 amide bonds. The second-order valence-electron chi connectivity index (χ2n) is 7.44. The summed E-state index contributed by atoms with van der Waals surface area (Å²) in [6, 6.07) is 9.45. The standard InChI is InChI=1S/C24H31N3O3S/c1-7-26(8-2)11-12-27(23(28)18-13-19(29-5)15-20(14-18)30-6)24-25-22-17(4)16(3)9-10-21(22)31-24/h9-10,13-15H,7-8,11-12H2,1-6H3. The molecule has 0 unspecified atom stereocenters. The van der Waals surface area contributed by atoms with Gasteiger partial charge in [-0.25, -0.2) is 4.98 Å². The van der Waals surface area contributed by atoms with Crippen LogP contribution in [0, 0.1) is 13.8 Å². The SMILES string of the molecule is CCN(CC)CCN(C(=O)c1cc(OC)cc(OC)c1)c1nc2c(C)c(C)ccc2s1. The van der Waals surface area contributed by atoms with Crippen molar-refractivity contribution in [2.75, 3.05) is 45.3 Å². The van der Waals surface area contributed by atoms with Gasteiger partial charge in [0.1, 0.15) is 11.5 Å². The van der Waals surface area contributed by atoms with Crippen molar-refractivity contribution in [2.45, 2.75) is 27.7 Å². The number of aryl methyl sites for hydroxylation is 2. The Kier molecular flexibility index (Phi) is 7.51. The third-order valence-corrected chi connectivity index (χ3v) is 6.73. The van der Waals surface area contributed by atoms with Gasteiger partial charge in [-0.2, -0.15) is 0 Å². The Morgan fingerprint density at radius 2 is 1.65 bits per heavy atom. The third-order valence-electron chi connectivity index (χ3n) is 5.68. The van der Waals surface area contributed by atoms with Crippen molar-refractivity contribution in [1.29, 1.82) is 0 Å². The molecule has 2 aromatic carbocycles. The summed E-state index contributed by atoms with van der Waals surface area (Å²) in [6.45, 7) is 11.6. The maximum Gasteiger partial charge on any atom is 0.260 e. The third kappa shape index (κ3) is 4.99. The molecule has 0 atom stereocenters. The van der Waals surface area contributed by atoms with Gasteiger partial charge in [-0.1, -0.05) is 31.3 Å². The summed E-state index contributed by atoms with van der Waals surface area (Å²) >= 11 is 1.55. The highest BCUT2D eigenvalue weighted by atomic mass is 32.1. The van der Waals surface area contributed by atoms with Crippen molar-refractivity contribution in [2.24, 2.45) is 0 Å². The molecule has 0 aliphatic rings. The number of ether oxygens (including phenoxy) is 2. The van der Waals surface area contributed by atoms with E-state index in [0.717, 1.165) is 35.4 Å². The van der Waals surface area contributed by atoms with E-state index in [1.807, 2.05) is 0 Å². The van der Waals surface area contributed by atoms with Crippen molar-refractivity contribution in [1.82, 2.24) is 9.88 Å². The molecule has 6 nitrogen and oxygen atoms in total. The van der Waals surface area contributed by atoms with Crippen molar-refractivity contribution >= 4 is 32.6 Å². The van der Waals surface area contributed by atoms with Crippen LogP contribution in [-0.2, 0) is 0 Å². The highest BCUT2D eigenvalue weighted by molar-refractivity contribution is 7.22. The van der Waals surface area contributed by atoms with Crippen LogP contribution < -0.4 is 14.4 Å². The van der Waals surface area contributed by atoms with Crippen LogP contribution in [0.25, 0.3) is 10.2 Å². The van der Waals surface area contributed by atoms with E-state index in [-0.39, 0.29) is 5.91 Å². The molecule has 3 rings (SSSR count). The van der Waals surface area contributed by atoms with Crippen LogP contribution >= 0.6 is 11.3 Å². The van der Waals surface area contributed by atoms with Gasteiger partial charge < -0.3 is 14.4 Å². The van der Waals surface area contributed by atoms with Crippen molar-refractivity contribution < 1.29 is 14.3 Å². The number of carbonyl (C=O) groups excluding carboxylic acids is 1. The zero-order chi connectivity index (χ0) is 22.5. The number of methoxy groups -OCH3 is 2. The smallest absolute Gasteiger partial charge is 0.260 e. The summed E-state index contributed by atoms with van der Waals surface area (Å²) in [6.07, 6.45) is 0. The fraction of sp³-hybridized carbons (Fsp3) is 0.417. The summed E-state index contributed by atoms with van der Waals surface area (Å²) in [4.78, 5) is 22.6. The highest BCUT2D eigenvalue weighted by Crippen LogP contribution is 2.33. The second kappa shape index (κ2) is 10.1. The van der Waals surface area contributed by atoms with E-state index in [1.165, 1.54) is 5.56 Å². The summed E-state index contributed by atoms with van der Waals surface area (Å²) < 4.78 is 11.8. The van der Waals surface area contributed by atoms with Gasteiger partial charge in [0.15, 0.2) is 5.13 Å². The summed E-state index contributed by atoms with van der Waals surface area (Å²) in [7, 11) is 3.17. The number of hydrogen-bond acceptors (Lipinski definition) is 6. The number of thiazole rings is 1. The van der Waals surface area contributed by atoms with Crippen molar-refractivity contribution in [3.63, 3.8) is 0 Å². The first kappa shape index (κ1) is 23.0. The molecular formula is C24H31N3O3S. The molecule has 3 aromatic rings. The summed E-state index contributed by atoms with van der Waals surface area (Å²) in [5.41, 5.74) is 3.83. The average Bonchev–Trinajstić information content (AvgIpc) is 3.23. The Morgan fingerprint density at radius 3 is 2.23 bits per heavy atom. The van der Waals surface area contributed by atoms with Crippen LogP contribution in [0.5, 0.6) is 11.5 Å². The summed E-state index contributed by atoms with van der Waals surface area (Å²) in [5.74, 6) is 1.06. The second-order valence-corrected chi connectivity index (χ2v) is 8.44. The van der Waals surface area contributed by atoms with Crippen LogP contribution in [0.4, 0.5) is 5.13 Å². The first-order valence-electron chi connectivity index (χ1n) is 10.6. The predicted molar refractivity (Wildman–Crippen MR) is 128 cm³/mol. The number of nitrogens with zero attached hydrogens (tertiary/aromatic N) is 3. The van der Waals surface area contributed by atoms with Gasteiger partial charge in [0.05, 0.1) is 24.4 Å². The number of fused-ring (bicyclic) bond motifs is 1. The molecule has 7 heteroatoms. The Labute approximate surface area is 188 Å². The number of rotatable bonds is 9. The molecular weight excluding hydrogens is 410 g/mol. The molecule has 0 saturated carbocycles. The number of anilines is 1. The maximum absolute atomic E-state index is 13.7. The van der Waals surface area contributed by atoms with Crippen LogP contribution in [0.1, 0.15) is 35.3 Å². The van der Waals surface area contributed by atoms with Crippen molar-refractivity contribution in [3.05, 3.63) is 47.0 Å². The number of benzene rings is 2. The molecule has 0 radical (unpaired) electrons. The molecule has 1 heterocycles. The number of likely N-dealkylation sites (N-methyl/N-ethyl adjacent to an activating group) is 1. The van der Waals surface area contributed by atoms with E-state index in [1.54, 1.807) is 48.7 Å². The largest absolute Gasteiger partial charge is 0.497 e. The minimum absolute atomic E-state index is 0.113. The molecule has 0 N–H and O–H groups in total. The molecule has 0 fully saturated rings. The van der Waals surface area contributed by atoms with Gasteiger partial charge in [0, 0.05) is 24.7 Å². The van der Waals surface area contributed by atoms with Gasteiger partial charge in [-0.15, -0.1) is 0 Å². The lowest BCUT2D eigenvalue weighted by Gasteiger charge is -2.25. The molecule has 0 saturated heterocycles. The van der Waals surface area contributed by atoms with E-state index < -0.39 is 0 Å². The van der Waals surface area contributed by atoms with E-state index in [2.05, 4.69) is 44.7 Å². The molecule has 0 spiro atoms. The Hall–Kier alpha value is -2.64. The quantitative estimate of drug-likeness (QED) is 0.472. The fourth-order valence-electron chi connectivity index (χ4n) is 3.48. The average molecular weight is 442 g/mol. The maximum atomic E-state index is 13.7. The molecule has 0 aliphatic carbocycles. The molecule has 1 aromatic heterocycles. The lowest BCUT2D eigenvalue weighted by atomic mass is 10.1. The zero-order valence-corrected chi connectivity index (χ0v) is 20.0. The number of hydrogen-bond donors (Lipinski definition) is 0. The summed E-state index contributed by atoms with van der Waals surface area (Å²) in [5, 5.41) is 0.711. The minimum atomic E-state index is -0.113. The van der Waals surface area contributed by atoms with E-state index in [0.29, 0.717) is 28.7 Å². The van der Waals surface area contributed by atoms with Crippen molar-refractivity contribution in [3.8, 4) is 11.5 Å². The number of amides is 1. The van der Waals surface area contributed by atoms with E-state index in [4.69, 9.17) is 14.5 Å². The molecule has 166 valence electrons. The first-order chi connectivity index (χ1) is 14.9. The van der Waals surface area contributed by atoms with Crippen LogP contribution in [0.3, 0.4) is 0 Å². The van der Waals surface area contributed by atoms with E-state index in [9.17, 15) is 4.79 Å². The van der Waals surface area contributed by atoms with Crippen LogP contribution in [0.15, 0.2) is 30.3 Å². The highest BCUT2D eigenvalue weighted by Gasteiger charge is 2.23. The Morgan fingerprint density at radius 1 is 1.00 bits per heavy atom. The molecule has 0 bridgehead atoms. The lowest BCUT2D eigenvalue weighted by molar-refractivity contribution is 0.0983. The normalized spacial score (nSPS) is 11.2. The van der Waals surface area contributed by atoms with E-state index >= 15 is 0 Å². The Bertz CT molecular complexity index is 1040. The Balaban J connectivity index is 2.04. The zero-order valence-electron chi connectivity index (χ0n) is 19.2. The van der Waals surface area contributed by atoms with Gasteiger partial charge in [0.2, 0.25) is 0 Å².